The molecule has 2 aliphatic rings. The van der Waals surface area contributed by atoms with Crippen LogP contribution in [-0.4, -0.2) is 16.9 Å². The second-order valence-electron chi connectivity index (χ2n) is 6.33. The molecule has 6 heteroatoms. The van der Waals surface area contributed by atoms with Crippen molar-refractivity contribution in [3.05, 3.63) is 10.7 Å². The van der Waals surface area contributed by atoms with E-state index in [9.17, 15) is 4.79 Å². The zero-order valence-electron chi connectivity index (χ0n) is 12.6. The van der Waals surface area contributed by atoms with E-state index < -0.39 is 0 Å². The van der Waals surface area contributed by atoms with Crippen molar-refractivity contribution in [1.29, 1.82) is 0 Å². The van der Waals surface area contributed by atoms with E-state index in [1.54, 1.807) is 11.3 Å². The molecule has 3 rings (SSSR count). The highest BCUT2D eigenvalue weighted by molar-refractivity contribution is 7.16. The Hall–Kier alpha value is -0.650. The van der Waals surface area contributed by atoms with Crippen LogP contribution < -0.4 is 11.1 Å². The number of anilines is 1. The van der Waals surface area contributed by atoms with Gasteiger partial charge in [-0.2, -0.15) is 0 Å². The van der Waals surface area contributed by atoms with Crippen molar-refractivity contribution in [2.24, 2.45) is 23.5 Å². The Morgan fingerprint density at radius 1 is 1.29 bits per heavy atom. The first-order valence-electron chi connectivity index (χ1n) is 7.55. The van der Waals surface area contributed by atoms with Gasteiger partial charge in [-0.15, -0.1) is 23.7 Å². The molecule has 1 aromatic rings. The first kappa shape index (κ1) is 16.7. The SMILES string of the molecule is Cc1nc(C)c(NC(=O)C2CC3CCCC(C2)C3N)s1.Cl. The van der Waals surface area contributed by atoms with E-state index in [0.29, 0.717) is 17.9 Å². The topological polar surface area (TPSA) is 68.0 Å². The van der Waals surface area contributed by atoms with Crippen LogP contribution in [0.4, 0.5) is 5.00 Å². The molecule has 1 heterocycles. The van der Waals surface area contributed by atoms with E-state index in [4.69, 9.17) is 5.73 Å². The first-order chi connectivity index (χ1) is 9.54. The Balaban J connectivity index is 0.00000161. The Labute approximate surface area is 136 Å². The van der Waals surface area contributed by atoms with Gasteiger partial charge < -0.3 is 11.1 Å². The molecular formula is C15H24ClN3OS. The molecule has 2 bridgehead atoms. The molecule has 0 spiro atoms. The van der Waals surface area contributed by atoms with E-state index in [0.717, 1.165) is 28.5 Å². The van der Waals surface area contributed by atoms with Gasteiger partial charge in [0.2, 0.25) is 5.91 Å². The number of hydrogen-bond donors (Lipinski definition) is 2. The fraction of sp³-hybridized carbons (Fsp3) is 0.733. The summed E-state index contributed by atoms with van der Waals surface area (Å²) in [7, 11) is 0. The number of amides is 1. The molecule has 3 N–H and O–H groups in total. The van der Waals surface area contributed by atoms with Gasteiger partial charge in [-0.3, -0.25) is 4.79 Å². The number of nitrogens with one attached hydrogen (secondary N) is 1. The molecule has 2 unspecified atom stereocenters. The van der Waals surface area contributed by atoms with E-state index in [1.165, 1.54) is 19.3 Å². The average molecular weight is 330 g/mol. The largest absolute Gasteiger partial charge is 0.327 e. The first-order valence-corrected chi connectivity index (χ1v) is 8.36. The third-order valence-corrected chi connectivity index (χ3v) is 5.91. The lowest BCUT2D eigenvalue weighted by Crippen LogP contribution is -2.48. The zero-order valence-corrected chi connectivity index (χ0v) is 14.2. The number of thiazole rings is 1. The second kappa shape index (κ2) is 6.63. The predicted octanol–water partition coefficient (Wildman–Crippen LogP) is 3.27. The summed E-state index contributed by atoms with van der Waals surface area (Å²) < 4.78 is 0. The molecule has 118 valence electrons. The van der Waals surface area contributed by atoms with E-state index >= 15 is 0 Å². The van der Waals surface area contributed by atoms with Gasteiger partial charge in [0.1, 0.15) is 5.00 Å². The highest BCUT2D eigenvalue weighted by atomic mass is 35.5. The number of nitrogens with zero attached hydrogens (tertiary/aromatic N) is 1. The summed E-state index contributed by atoms with van der Waals surface area (Å²) in [6, 6.07) is 0.320. The number of nitrogens with two attached hydrogens (primary N) is 1. The molecule has 21 heavy (non-hydrogen) atoms. The van der Waals surface area contributed by atoms with Gasteiger partial charge >= 0.3 is 0 Å². The summed E-state index contributed by atoms with van der Waals surface area (Å²) in [5.74, 6) is 1.39. The van der Waals surface area contributed by atoms with Crippen molar-refractivity contribution < 1.29 is 4.79 Å². The van der Waals surface area contributed by atoms with Crippen LogP contribution >= 0.6 is 23.7 Å². The standard InChI is InChI=1S/C15H23N3OS.ClH/c1-8-15(20-9(2)17-8)18-14(19)12-6-10-4-3-5-11(7-12)13(10)16;/h10-13H,3-7,16H2,1-2H3,(H,18,19);1H. The minimum Gasteiger partial charge on any atom is -0.327 e. The zero-order chi connectivity index (χ0) is 14.3. The molecule has 1 amide bonds. The Kier molecular flexibility index (Phi) is 5.28. The van der Waals surface area contributed by atoms with Crippen molar-refractivity contribution in [2.45, 2.75) is 52.0 Å². The number of aromatic nitrogens is 1. The highest BCUT2D eigenvalue weighted by Crippen LogP contribution is 2.42. The maximum atomic E-state index is 12.5. The third-order valence-electron chi connectivity index (χ3n) is 4.92. The molecule has 4 nitrogen and oxygen atoms in total. The maximum Gasteiger partial charge on any atom is 0.228 e. The van der Waals surface area contributed by atoms with Gasteiger partial charge in [0, 0.05) is 12.0 Å². The van der Waals surface area contributed by atoms with Gasteiger partial charge in [0.25, 0.3) is 0 Å². The number of carbonyl (C=O) groups is 1. The van der Waals surface area contributed by atoms with E-state index in [2.05, 4.69) is 10.3 Å². The fourth-order valence-electron chi connectivity index (χ4n) is 3.86. The van der Waals surface area contributed by atoms with Crippen LogP contribution in [0.25, 0.3) is 0 Å². The van der Waals surface area contributed by atoms with Crippen molar-refractivity contribution in [3.63, 3.8) is 0 Å². The Morgan fingerprint density at radius 2 is 1.90 bits per heavy atom. The van der Waals surface area contributed by atoms with Crippen molar-refractivity contribution in [3.8, 4) is 0 Å². The van der Waals surface area contributed by atoms with Crippen LogP contribution in [0.1, 0.15) is 42.8 Å². The van der Waals surface area contributed by atoms with Crippen molar-refractivity contribution in [1.82, 2.24) is 4.98 Å². The lowest BCUT2D eigenvalue weighted by Gasteiger charge is -2.43. The molecular weight excluding hydrogens is 306 g/mol. The van der Waals surface area contributed by atoms with Gasteiger partial charge in [0.15, 0.2) is 0 Å². The van der Waals surface area contributed by atoms with Crippen molar-refractivity contribution >= 4 is 34.7 Å². The molecule has 0 aliphatic heterocycles. The van der Waals surface area contributed by atoms with Gasteiger partial charge in [0.05, 0.1) is 10.7 Å². The molecule has 2 fully saturated rings. The number of fused-ring (bicyclic) bond motifs is 2. The summed E-state index contributed by atoms with van der Waals surface area (Å²) in [5.41, 5.74) is 7.21. The quantitative estimate of drug-likeness (QED) is 0.875. The summed E-state index contributed by atoms with van der Waals surface area (Å²) in [4.78, 5) is 16.9. The molecule has 2 saturated carbocycles. The van der Waals surface area contributed by atoms with Crippen LogP contribution in [0.3, 0.4) is 0 Å². The van der Waals surface area contributed by atoms with Gasteiger partial charge in [-0.25, -0.2) is 4.98 Å². The molecule has 0 aromatic carbocycles. The molecule has 0 saturated heterocycles. The highest BCUT2D eigenvalue weighted by Gasteiger charge is 2.40. The lowest BCUT2D eigenvalue weighted by molar-refractivity contribution is -0.122. The van der Waals surface area contributed by atoms with Crippen LogP contribution in [0.15, 0.2) is 0 Å². The third kappa shape index (κ3) is 3.41. The minimum atomic E-state index is 0. The molecule has 2 aliphatic carbocycles. The number of carbonyl (C=O) groups excluding carboxylic acids is 1. The monoisotopic (exact) mass is 329 g/mol. The smallest absolute Gasteiger partial charge is 0.228 e. The predicted molar refractivity (Wildman–Crippen MR) is 89.0 cm³/mol. The Morgan fingerprint density at radius 3 is 2.43 bits per heavy atom. The minimum absolute atomic E-state index is 0. The van der Waals surface area contributed by atoms with E-state index in [1.807, 2.05) is 13.8 Å². The maximum absolute atomic E-state index is 12.5. The second-order valence-corrected chi connectivity index (χ2v) is 7.54. The number of aryl methyl sites for hydroxylation is 2. The number of halogens is 1. The van der Waals surface area contributed by atoms with E-state index in [-0.39, 0.29) is 24.2 Å². The average Bonchev–Trinajstić information content (AvgIpc) is 2.67. The number of rotatable bonds is 2. The van der Waals surface area contributed by atoms with Gasteiger partial charge in [-0.1, -0.05) is 6.42 Å². The van der Waals surface area contributed by atoms with Crippen LogP contribution in [0.5, 0.6) is 0 Å². The molecule has 2 atom stereocenters. The van der Waals surface area contributed by atoms with Gasteiger partial charge in [-0.05, 0) is 51.4 Å². The summed E-state index contributed by atoms with van der Waals surface area (Å²) in [6.45, 7) is 3.92. The normalized spacial score (nSPS) is 31.4. The lowest BCUT2D eigenvalue weighted by atomic mass is 9.65. The molecule has 0 radical (unpaired) electrons. The van der Waals surface area contributed by atoms with Crippen molar-refractivity contribution in [2.75, 3.05) is 5.32 Å². The number of hydrogen-bond acceptors (Lipinski definition) is 4. The van der Waals surface area contributed by atoms with Crippen LogP contribution in [-0.2, 0) is 4.79 Å². The summed E-state index contributed by atoms with van der Waals surface area (Å²) >= 11 is 1.56. The summed E-state index contributed by atoms with van der Waals surface area (Å²) in [6.07, 6.45) is 5.59. The Bertz CT molecular complexity index is 505. The van der Waals surface area contributed by atoms with Crippen LogP contribution in [0.2, 0.25) is 0 Å². The van der Waals surface area contributed by atoms with Crippen LogP contribution in [0, 0.1) is 31.6 Å². The molecule has 1 aromatic heterocycles. The fourth-order valence-corrected chi connectivity index (χ4v) is 4.69. The summed E-state index contributed by atoms with van der Waals surface area (Å²) in [5, 5.41) is 4.99.